The molecular formula is C11H14Br2ClNO2S. The van der Waals surface area contributed by atoms with Crippen molar-refractivity contribution in [2.45, 2.75) is 24.8 Å². The molecule has 7 heteroatoms. The molecule has 1 unspecified atom stereocenters. The van der Waals surface area contributed by atoms with Crippen LogP contribution in [0.2, 0.25) is 5.02 Å². The Hall–Kier alpha value is 0.380. The molecule has 0 saturated heterocycles. The molecule has 0 spiro atoms. The van der Waals surface area contributed by atoms with Crippen molar-refractivity contribution in [3.8, 4) is 0 Å². The van der Waals surface area contributed by atoms with E-state index in [2.05, 4.69) is 36.6 Å². The second-order valence-corrected chi connectivity index (χ2v) is 7.83. The summed E-state index contributed by atoms with van der Waals surface area (Å²) in [6, 6.07) is 4.39. The lowest BCUT2D eigenvalue weighted by Gasteiger charge is -2.20. The summed E-state index contributed by atoms with van der Waals surface area (Å²) in [5.41, 5.74) is 0. The van der Waals surface area contributed by atoms with E-state index < -0.39 is 10.0 Å². The Kier molecular flexibility index (Phi) is 6.12. The summed E-state index contributed by atoms with van der Waals surface area (Å²) >= 11 is 12.4. The third-order valence-electron chi connectivity index (χ3n) is 2.48. The number of sulfonamides is 1. The second kappa shape index (κ2) is 6.70. The molecule has 1 aromatic carbocycles. The lowest BCUT2D eigenvalue weighted by atomic mass is 10.1. The van der Waals surface area contributed by atoms with Gasteiger partial charge in [-0.25, -0.2) is 13.1 Å². The molecule has 0 aliphatic heterocycles. The summed E-state index contributed by atoms with van der Waals surface area (Å²) in [5, 5.41) is 1.05. The van der Waals surface area contributed by atoms with Gasteiger partial charge in [-0.2, -0.15) is 0 Å². The molecule has 1 aromatic rings. The first-order valence-electron chi connectivity index (χ1n) is 5.31. The lowest BCUT2D eigenvalue weighted by Crippen LogP contribution is -2.39. The first-order chi connectivity index (χ1) is 8.27. The van der Waals surface area contributed by atoms with Gasteiger partial charge in [0.1, 0.15) is 0 Å². The van der Waals surface area contributed by atoms with Crippen LogP contribution in [-0.4, -0.2) is 19.8 Å². The smallest absolute Gasteiger partial charge is 0.207 e. The standard InChI is InChI=1S/C11H14Br2ClNO2S/c1-7(2)11(6-12)15-18(16,17)8-3-4-10(14)9(13)5-8/h3-5,7,11,15H,6H2,1-2H3. The fourth-order valence-corrected chi connectivity index (χ4v) is 4.44. The van der Waals surface area contributed by atoms with Crippen LogP contribution in [0.3, 0.4) is 0 Å². The van der Waals surface area contributed by atoms with Crippen LogP contribution in [0.4, 0.5) is 0 Å². The van der Waals surface area contributed by atoms with Gasteiger partial charge in [0.2, 0.25) is 10.0 Å². The molecule has 1 N–H and O–H groups in total. The molecule has 102 valence electrons. The molecule has 1 atom stereocenters. The average molecular weight is 420 g/mol. The van der Waals surface area contributed by atoms with Crippen molar-refractivity contribution < 1.29 is 8.42 Å². The Morgan fingerprint density at radius 3 is 2.44 bits per heavy atom. The minimum absolute atomic E-state index is 0.149. The Bertz CT molecular complexity index is 520. The number of nitrogens with one attached hydrogen (secondary N) is 1. The van der Waals surface area contributed by atoms with Crippen LogP contribution in [0.5, 0.6) is 0 Å². The highest BCUT2D eigenvalue weighted by Crippen LogP contribution is 2.25. The molecule has 3 nitrogen and oxygen atoms in total. The van der Waals surface area contributed by atoms with E-state index in [1.165, 1.54) is 12.1 Å². The first-order valence-corrected chi connectivity index (χ1v) is 9.09. The van der Waals surface area contributed by atoms with Crippen LogP contribution in [-0.2, 0) is 10.0 Å². The largest absolute Gasteiger partial charge is 0.240 e. The average Bonchev–Trinajstić information content (AvgIpc) is 2.29. The quantitative estimate of drug-likeness (QED) is 0.738. The Labute approximate surface area is 130 Å². The topological polar surface area (TPSA) is 46.2 Å². The second-order valence-electron chi connectivity index (χ2n) is 4.20. The van der Waals surface area contributed by atoms with Gasteiger partial charge < -0.3 is 0 Å². The Balaban J connectivity index is 3.02. The van der Waals surface area contributed by atoms with E-state index in [4.69, 9.17) is 11.6 Å². The van der Waals surface area contributed by atoms with E-state index in [-0.39, 0.29) is 16.9 Å². The van der Waals surface area contributed by atoms with Gasteiger partial charge >= 0.3 is 0 Å². The zero-order chi connectivity index (χ0) is 13.9. The summed E-state index contributed by atoms with van der Waals surface area (Å²) in [7, 11) is -3.52. The van der Waals surface area contributed by atoms with Gasteiger partial charge in [-0.05, 0) is 40.0 Å². The minimum atomic E-state index is -3.52. The molecule has 0 heterocycles. The fraction of sp³-hybridized carbons (Fsp3) is 0.455. The van der Waals surface area contributed by atoms with Crippen molar-refractivity contribution in [2.24, 2.45) is 5.92 Å². The maximum Gasteiger partial charge on any atom is 0.240 e. The number of hydrogen-bond donors (Lipinski definition) is 1. The van der Waals surface area contributed by atoms with Crippen LogP contribution < -0.4 is 4.72 Å². The van der Waals surface area contributed by atoms with E-state index in [1.807, 2.05) is 13.8 Å². The van der Waals surface area contributed by atoms with Gasteiger partial charge in [0.05, 0.1) is 9.92 Å². The predicted molar refractivity (Wildman–Crippen MR) is 81.9 cm³/mol. The zero-order valence-electron chi connectivity index (χ0n) is 9.95. The number of benzene rings is 1. The maximum atomic E-state index is 12.2. The molecule has 0 amide bonds. The van der Waals surface area contributed by atoms with Crippen LogP contribution >= 0.6 is 43.5 Å². The van der Waals surface area contributed by atoms with Gasteiger partial charge in [-0.15, -0.1) is 0 Å². The highest BCUT2D eigenvalue weighted by atomic mass is 79.9. The molecule has 0 aromatic heterocycles. The summed E-state index contributed by atoms with van der Waals surface area (Å²) in [4.78, 5) is 0.199. The minimum Gasteiger partial charge on any atom is -0.207 e. The van der Waals surface area contributed by atoms with Crippen molar-refractivity contribution in [2.75, 3.05) is 5.33 Å². The van der Waals surface area contributed by atoms with Crippen molar-refractivity contribution in [3.63, 3.8) is 0 Å². The SMILES string of the molecule is CC(C)C(CBr)NS(=O)(=O)c1ccc(Cl)c(Br)c1. The summed E-state index contributed by atoms with van der Waals surface area (Å²) in [6.45, 7) is 3.93. The third kappa shape index (κ3) is 4.20. The Morgan fingerprint density at radius 2 is 2.00 bits per heavy atom. The molecule has 0 radical (unpaired) electrons. The lowest BCUT2D eigenvalue weighted by molar-refractivity contribution is 0.484. The van der Waals surface area contributed by atoms with E-state index in [1.54, 1.807) is 6.07 Å². The van der Waals surface area contributed by atoms with E-state index in [0.29, 0.717) is 14.8 Å². The molecule has 0 fully saturated rings. The molecule has 0 saturated carbocycles. The van der Waals surface area contributed by atoms with Crippen molar-refractivity contribution >= 4 is 53.5 Å². The number of hydrogen-bond acceptors (Lipinski definition) is 2. The van der Waals surface area contributed by atoms with Crippen LogP contribution in [0.15, 0.2) is 27.6 Å². The van der Waals surface area contributed by atoms with Gasteiger partial charge in [0, 0.05) is 15.8 Å². The van der Waals surface area contributed by atoms with Crippen molar-refractivity contribution in [1.82, 2.24) is 4.72 Å². The van der Waals surface area contributed by atoms with E-state index in [0.717, 1.165) is 0 Å². The third-order valence-corrected chi connectivity index (χ3v) is 5.88. The summed E-state index contributed by atoms with van der Waals surface area (Å²) in [6.07, 6.45) is 0. The van der Waals surface area contributed by atoms with E-state index in [9.17, 15) is 8.42 Å². The molecule has 18 heavy (non-hydrogen) atoms. The first kappa shape index (κ1) is 16.4. The van der Waals surface area contributed by atoms with Crippen LogP contribution in [0.1, 0.15) is 13.8 Å². The van der Waals surface area contributed by atoms with Gasteiger partial charge in [0.15, 0.2) is 0 Å². The normalized spacial score (nSPS) is 13.9. The predicted octanol–water partition coefficient (Wildman–Crippen LogP) is 3.80. The van der Waals surface area contributed by atoms with Crippen LogP contribution in [0.25, 0.3) is 0 Å². The van der Waals surface area contributed by atoms with Gasteiger partial charge in [-0.1, -0.05) is 41.4 Å². The summed E-state index contributed by atoms with van der Waals surface area (Å²) in [5.74, 6) is 0.204. The number of rotatable bonds is 5. The van der Waals surface area contributed by atoms with Gasteiger partial charge in [0.25, 0.3) is 0 Å². The highest BCUT2D eigenvalue weighted by molar-refractivity contribution is 9.10. The van der Waals surface area contributed by atoms with Gasteiger partial charge in [-0.3, -0.25) is 0 Å². The van der Waals surface area contributed by atoms with Crippen LogP contribution in [0, 0.1) is 5.92 Å². The molecule has 0 bridgehead atoms. The maximum absolute atomic E-state index is 12.2. The molecular weight excluding hydrogens is 405 g/mol. The molecule has 1 rings (SSSR count). The fourth-order valence-electron chi connectivity index (χ4n) is 1.26. The van der Waals surface area contributed by atoms with E-state index >= 15 is 0 Å². The molecule has 0 aliphatic carbocycles. The highest BCUT2D eigenvalue weighted by Gasteiger charge is 2.22. The number of halogens is 3. The molecule has 0 aliphatic rings. The van der Waals surface area contributed by atoms with Crippen molar-refractivity contribution in [1.29, 1.82) is 0 Å². The zero-order valence-corrected chi connectivity index (χ0v) is 14.7. The number of alkyl halides is 1. The summed E-state index contributed by atoms with van der Waals surface area (Å²) < 4.78 is 27.6. The van der Waals surface area contributed by atoms with Crippen molar-refractivity contribution in [3.05, 3.63) is 27.7 Å². The monoisotopic (exact) mass is 417 g/mol. The Morgan fingerprint density at radius 1 is 1.39 bits per heavy atom.